The van der Waals surface area contributed by atoms with Gasteiger partial charge in [0.25, 0.3) is 5.91 Å². The fraction of sp³-hybridized carbons (Fsp3) is 0.333. The number of hydrogen-bond donors (Lipinski definition) is 2. The van der Waals surface area contributed by atoms with Crippen LogP contribution in [0.4, 0.5) is 0 Å². The number of aliphatic hydroxyl groups is 1. The van der Waals surface area contributed by atoms with E-state index in [1.807, 2.05) is 37.5 Å². The number of furan rings is 1. The van der Waals surface area contributed by atoms with Crippen LogP contribution in [0, 0.1) is 5.92 Å². The number of benzene rings is 1. The summed E-state index contributed by atoms with van der Waals surface area (Å²) in [6, 6.07) is 10.7. The molecule has 1 aliphatic carbocycles. The molecule has 4 rings (SSSR count). The molecule has 0 radical (unpaired) electrons. The number of hydrogen-bond acceptors (Lipinski definition) is 5. The van der Waals surface area contributed by atoms with Crippen LogP contribution in [0.5, 0.6) is 5.75 Å². The summed E-state index contributed by atoms with van der Waals surface area (Å²) >= 11 is 0. The van der Waals surface area contributed by atoms with Gasteiger partial charge in [-0.15, -0.1) is 0 Å². The number of ether oxygens (including phenoxy) is 1. The summed E-state index contributed by atoms with van der Waals surface area (Å²) in [7, 11) is 3.45. The lowest BCUT2D eigenvalue weighted by Crippen LogP contribution is -2.41. The van der Waals surface area contributed by atoms with Gasteiger partial charge in [-0.05, 0) is 55.2 Å². The van der Waals surface area contributed by atoms with E-state index in [1.165, 1.54) is 0 Å². The fourth-order valence-electron chi connectivity index (χ4n) is 3.56. The number of methoxy groups -OCH3 is 1. The van der Waals surface area contributed by atoms with Crippen LogP contribution in [0.1, 0.15) is 35.0 Å². The first kappa shape index (κ1) is 18.3. The normalized spacial score (nSPS) is 19.7. The zero-order valence-corrected chi connectivity index (χ0v) is 15.8. The van der Waals surface area contributed by atoms with Crippen LogP contribution in [0.25, 0.3) is 11.3 Å². The van der Waals surface area contributed by atoms with Gasteiger partial charge >= 0.3 is 0 Å². The van der Waals surface area contributed by atoms with E-state index in [4.69, 9.17) is 9.15 Å². The number of rotatable bonds is 6. The minimum atomic E-state index is -0.300. The zero-order chi connectivity index (χ0) is 19.7. The van der Waals surface area contributed by atoms with Crippen molar-refractivity contribution >= 4 is 5.91 Å². The monoisotopic (exact) mass is 381 g/mol. The summed E-state index contributed by atoms with van der Waals surface area (Å²) < 4.78 is 12.6. The molecule has 0 saturated heterocycles. The molecule has 1 aliphatic rings. The summed E-state index contributed by atoms with van der Waals surface area (Å²) in [4.78, 5) is 12.8. The van der Waals surface area contributed by atoms with Crippen molar-refractivity contribution in [3.8, 4) is 17.1 Å². The Bertz CT molecular complexity index is 954. The number of nitrogens with zero attached hydrogens (tertiary/aromatic N) is 2. The highest BCUT2D eigenvalue weighted by atomic mass is 16.5. The molecule has 146 valence electrons. The van der Waals surface area contributed by atoms with E-state index < -0.39 is 0 Å². The average Bonchev–Trinajstić information content (AvgIpc) is 3.33. The van der Waals surface area contributed by atoms with Crippen LogP contribution in [-0.4, -0.2) is 34.0 Å². The quantitative estimate of drug-likeness (QED) is 0.685. The number of carbonyl (C=O) groups is 1. The molecule has 1 atom stereocenters. The molecular formula is C21H23N3O4. The van der Waals surface area contributed by atoms with Gasteiger partial charge in [0.15, 0.2) is 5.76 Å². The van der Waals surface area contributed by atoms with Crippen LogP contribution in [0.2, 0.25) is 0 Å². The van der Waals surface area contributed by atoms with Crippen molar-refractivity contribution < 1.29 is 19.1 Å². The summed E-state index contributed by atoms with van der Waals surface area (Å²) in [6.07, 6.45) is 4.66. The molecule has 0 bridgehead atoms. The first-order valence-electron chi connectivity index (χ1n) is 9.25. The van der Waals surface area contributed by atoms with Gasteiger partial charge in [-0.25, -0.2) is 0 Å². The maximum absolute atomic E-state index is 12.8. The predicted octanol–water partition coefficient (Wildman–Crippen LogP) is 2.93. The van der Waals surface area contributed by atoms with Crippen LogP contribution in [-0.2, 0) is 7.05 Å². The lowest BCUT2D eigenvalue weighted by molar-refractivity contribution is 0.0232. The van der Waals surface area contributed by atoms with E-state index in [2.05, 4.69) is 10.4 Å². The van der Waals surface area contributed by atoms with E-state index in [0.29, 0.717) is 18.6 Å². The van der Waals surface area contributed by atoms with Crippen LogP contribution in [0.3, 0.4) is 0 Å². The first-order valence-corrected chi connectivity index (χ1v) is 9.25. The minimum Gasteiger partial charge on any atom is -0.497 e. The Morgan fingerprint density at radius 1 is 1.29 bits per heavy atom. The Kier molecular flexibility index (Phi) is 4.92. The molecule has 7 heteroatoms. The average molecular weight is 381 g/mol. The molecule has 0 aliphatic heterocycles. The highest BCUT2D eigenvalue weighted by molar-refractivity contribution is 5.92. The molecule has 1 fully saturated rings. The molecule has 28 heavy (non-hydrogen) atoms. The summed E-state index contributed by atoms with van der Waals surface area (Å²) in [5.41, 5.74) is 1.79. The Morgan fingerprint density at radius 3 is 2.64 bits per heavy atom. The van der Waals surface area contributed by atoms with E-state index in [1.54, 1.807) is 30.1 Å². The van der Waals surface area contributed by atoms with Gasteiger partial charge in [0.1, 0.15) is 11.5 Å². The zero-order valence-electron chi connectivity index (χ0n) is 15.8. The molecule has 2 heterocycles. The molecule has 1 unspecified atom stereocenters. The van der Waals surface area contributed by atoms with E-state index in [-0.39, 0.29) is 29.7 Å². The van der Waals surface area contributed by atoms with Crippen molar-refractivity contribution in [2.24, 2.45) is 13.0 Å². The predicted molar refractivity (Wildman–Crippen MR) is 103 cm³/mol. The largest absolute Gasteiger partial charge is 0.497 e. The van der Waals surface area contributed by atoms with E-state index in [0.717, 1.165) is 16.9 Å². The lowest BCUT2D eigenvalue weighted by atomic mass is 9.75. The fourth-order valence-corrected chi connectivity index (χ4v) is 3.56. The van der Waals surface area contributed by atoms with Gasteiger partial charge in [-0.2, -0.15) is 5.10 Å². The van der Waals surface area contributed by atoms with Gasteiger partial charge in [0, 0.05) is 24.4 Å². The standard InChI is InChI=1S/C21H23N3O4/c1-24-12-15(11-22-24)20(14-9-16(25)10-14)23-21(26)19-8-7-18(28-19)13-3-5-17(27-2)6-4-13/h3-8,11-12,14,16,20,25H,9-10H2,1-2H3,(H,23,26). The third-order valence-electron chi connectivity index (χ3n) is 5.20. The van der Waals surface area contributed by atoms with Crippen LogP contribution < -0.4 is 10.1 Å². The number of aryl methyl sites for hydroxylation is 1. The minimum absolute atomic E-state index is 0.180. The number of nitrogens with one attached hydrogen (secondary N) is 1. The molecule has 7 nitrogen and oxygen atoms in total. The molecule has 1 aromatic carbocycles. The van der Waals surface area contributed by atoms with E-state index >= 15 is 0 Å². The first-order chi connectivity index (χ1) is 13.5. The highest BCUT2D eigenvalue weighted by Gasteiger charge is 2.36. The second-order valence-corrected chi connectivity index (χ2v) is 7.18. The number of aliphatic hydroxyl groups excluding tert-OH is 1. The Morgan fingerprint density at radius 2 is 2.04 bits per heavy atom. The number of aromatic nitrogens is 2. The van der Waals surface area contributed by atoms with Crippen molar-refractivity contribution in [3.63, 3.8) is 0 Å². The summed E-state index contributed by atoms with van der Waals surface area (Å²) in [5, 5.41) is 16.9. The van der Waals surface area contributed by atoms with Gasteiger partial charge in [-0.3, -0.25) is 9.48 Å². The van der Waals surface area contributed by atoms with Crippen LogP contribution >= 0.6 is 0 Å². The highest BCUT2D eigenvalue weighted by Crippen LogP contribution is 2.38. The molecule has 2 aromatic heterocycles. The van der Waals surface area contributed by atoms with E-state index in [9.17, 15) is 9.90 Å². The number of carbonyl (C=O) groups excluding carboxylic acids is 1. The second kappa shape index (κ2) is 7.52. The molecule has 1 amide bonds. The SMILES string of the molecule is COc1ccc(-c2ccc(C(=O)NC(c3cnn(C)c3)C3CC(O)C3)o2)cc1. The third-order valence-corrected chi connectivity index (χ3v) is 5.20. The van der Waals surface area contributed by atoms with Crippen molar-refractivity contribution in [1.29, 1.82) is 0 Å². The Hall–Kier alpha value is -3.06. The van der Waals surface area contributed by atoms with Crippen molar-refractivity contribution in [3.05, 3.63) is 60.1 Å². The Balaban J connectivity index is 1.50. The Labute approximate surface area is 162 Å². The number of amides is 1. The summed E-state index contributed by atoms with van der Waals surface area (Å²) in [6.45, 7) is 0. The van der Waals surface area contributed by atoms with Crippen molar-refractivity contribution in [1.82, 2.24) is 15.1 Å². The van der Waals surface area contributed by atoms with Gasteiger partial charge in [0.2, 0.25) is 0 Å². The lowest BCUT2D eigenvalue weighted by Gasteiger charge is -2.37. The third kappa shape index (κ3) is 3.66. The van der Waals surface area contributed by atoms with Gasteiger partial charge in [-0.1, -0.05) is 0 Å². The smallest absolute Gasteiger partial charge is 0.287 e. The molecule has 0 spiro atoms. The van der Waals surface area contributed by atoms with Gasteiger partial charge < -0.3 is 19.6 Å². The second-order valence-electron chi connectivity index (χ2n) is 7.18. The van der Waals surface area contributed by atoms with Crippen molar-refractivity contribution in [2.45, 2.75) is 25.0 Å². The maximum Gasteiger partial charge on any atom is 0.287 e. The molecule has 3 aromatic rings. The van der Waals surface area contributed by atoms with Crippen LogP contribution in [0.15, 0.2) is 53.2 Å². The molecule has 2 N–H and O–H groups in total. The van der Waals surface area contributed by atoms with Crippen molar-refractivity contribution in [2.75, 3.05) is 7.11 Å². The summed E-state index contributed by atoms with van der Waals surface area (Å²) in [5.74, 6) is 1.52. The molecular weight excluding hydrogens is 358 g/mol. The maximum atomic E-state index is 12.8. The van der Waals surface area contributed by atoms with Gasteiger partial charge in [0.05, 0.1) is 25.5 Å². The topological polar surface area (TPSA) is 89.5 Å². The molecule has 1 saturated carbocycles.